The first-order valence-electron chi connectivity index (χ1n) is 4.69. The molecule has 0 aliphatic carbocycles. The van der Waals surface area contributed by atoms with E-state index in [0.29, 0.717) is 0 Å². The summed E-state index contributed by atoms with van der Waals surface area (Å²) >= 11 is 0. The maximum atomic E-state index is 4.19. The minimum absolute atomic E-state index is 0.237. The molecule has 0 saturated carbocycles. The van der Waals surface area contributed by atoms with Gasteiger partial charge in [-0.3, -0.25) is 4.98 Å². The van der Waals surface area contributed by atoms with Crippen LogP contribution in [-0.4, -0.2) is 4.98 Å². The molecule has 0 aliphatic rings. The monoisotopic (exact) mass is 175 g/mol. The summed E-state index contributed by atoms with van der Waals surface area (Å²) in [5.74, 6) is 0. The van der Waals surface area contributed by atoms with Crippen molar-refractivity contribution in [1.82, 2.24) is 4.98 Å². The highest BCUT2D eigenvalue weighted by atomic mass is 14.7. The Bertz CT molecular complexity index is 300. The van der Waals surface area contributed by atoms with E-state index in [-0.39, 0.29) is 5.41 Å². The molecule has 0 N–H and O–H groups in total. The highest BCUT2D eigenvalue weighted by Gasteiger charge is 2.17. The van der Waals surface area contributed by atoms with Crippen LogP contribution in [0.15, 0.2) is 24.9 Å². The number of rotatable bonds is 3. The minimum Gasteiger partial charge on any atom is -0.257 e. The van der Waals surface area contributed by atoms with Crippen molar-refractivity contribution in [2.45, 2.75) is 32.6 Å². The third-order valence-electron chi connectivity index (χ3n) is 2.66. The van der Waals surface area contributed by atoms with Gasteiger partial charge < -0.3 is 0 Å². The highest BCUT2D eigenvalue weighted by molar-refractivity contribution is 5.43. The van der Waals surface area contributed by atoms with Gasteiger partial charge in [-0.15, -0.1) is 0 Å². The largest absolute Gasteiger partial charge is 0.257 e. The molecule has 0 radical (unpaired) electrons. The summed E-state index contributed by atoms with van der Waals surface area (Å²) in [5.41, 5.74) is 2.53. The number of aromatic nitrogens is 1. The van der Waals surface area contributed by atoms with E-state index in [1.54, 1.807) is 6.08 Å². The van der Waals surface area contributed by atoms with Gasteiger partial charge in [0.2, 0.25) is 0 Å². The lowest BCUT2D eigenvalue weighted by Gasteiger charge is -2.23. The van der Waals surface area contributed by atoms with E-state index in [1.807, 2.05) is 6.20 Å². The SMILES string of the molecule is C=Cc1cc(C(C)(C)CC)ccn1. The van der Waals surface area contributed by atoms with Crippen molar-refractivity contribution in [2.24, 2.45) is 0 Å². The summed E-state index contributed by atoms with van der Waals surface area (Å²) < 4.78 is 0. The molecular formula is C12H17N. The predicted molar refractivity (Wildman–Crippen MR) is 57.6 cm³/mol. The van der Waals surface area contributed by atoms with Gasteiger partial charge in [-0.25, -0.2) is 0 Å². The average Bonchev–Trinajstić information content (AvgIpc) is 2.18. The lowest BCUT2D eigenvalue weighted by Crippen LogP contribution is -2.15. The fourth-order valence-electron chi connectivity index (χ4n) is 1.19. The first-order chi connectivity index (χ1) is 6.10. The van der Waals surface area contributed by atoms with E-state index >= 15 is 0 Å². The van der Waals surface area contributed by atoms with Crippen LogP contribution in [-0.2, 0) is 5.41 Å². The minimum atomic E-state index is 0.237. The van der Waals surface area contributed by atoms with Crippen LogP contribution in [0.25, 0.3) is 6.08 Å². The van der Waals surface area contributed by atoms with E-state index < -0.39 is 0 Å². The van der Waals surface area contributed by atoms with E-state index in [4.69, 9.17) is 0 Å². The predicted octanol–water partition coefficient (Wildman–Crippen LogP) is 3.41. The highest BCUT2D eigenvalue weighted by Crippen LogP contribution is 2.26. The quantitative estimate of drug-likeness (QED) is 0.686. The van der Waals surface area contributed by atoms with Gasteiger partial charge in [0.1, 0.15) is 0 Å². The van der Waals surface area contributed by atoms with Crippen LogP contribution >= 0.6 is 0 Å². The Morgan fingerprint density at radius 1 is 1.54 bits per heavy atom. The van der Waals surface area contributed by atoms with Crippen molar-refractivity contribution < 1.29 is 0 Å². The summed E-state index contributed by atoms with van der Waals surface area (Å²) in [4.78, 5) is 4.19. The van der Waals surface area contributed by atoms with Crippen LogP contribution in [0.3, 0.4) is 0 Å². The molecule has 70 valence electrons. The molecule has 13 heavy (non-hydrogen) atoms. The van der Waals surface area contributed by atoms with E-state index in [1.165, 1.54) is 5.56 Å². The van der Waals surface area contributed by atoms with Crippen molar-refractivity contribution in [3.63, 3.8) is 0 Å². The Kier molecular flexibility index (Phi) is 2.86. The molecule has 1 rings (SSSR count). The van der Waals surface area contributed by atoms with Crippen LogP contribution in [0.5, 0.6) is 0 Å². The Morgan fingerprint density at radius 2 is 2.23 bits per heavy atom. The molecule has 1 heterocycles. The fourth-order valence-corrected chi connectivity index (χ4v) is 1.19. The van der Waals surface area contributed by atoms with E-state index in [9.17, 15) is 0 Å². The molecule has 0 atom stereocenters. The molecule has 0 aliphatic heterocycles. The summed E-state index contributed by atoms with van der Waals surface area (Å²) in [6.45, 7) is 10.4. The molecular weight excluding hydrogens is 158 g/mol. The molecule has 0 unspecified atom stereocenters. The van der Waals surface area contributed by atoms with Crippen LogP contribution in [0.2, 0.25) is 0 Å². The molecule has 0 spiro atoms. The standard InChI is InChI=1S/C12H17N/c1-5-11-9-10(7-8-13-11)12(3,4)6-2/h5,7-9H,1,6H2,2-4H3. The van der Waals surface area contributed by atoms with E-state index in [2.05, 4.69) is 44.5 Å². The molecule has 0 saturated heterocycles. The number of pyridine rings is 1. The lowest BCUT2D eigenvalue weighted by molar-refractivity contribution is 0.505. The van der Waals surface area contributed by atoms with Crippen LogP contribution < -0.4 is 0 Å². The second kappa shape index (κ2) is 3.73. The van der Waals surface area contributed by atoms with Crippen molar-refractivity contribution in [2.75, 3.05) is 0 Å². The third-order valence-corrected chi connectivity index (χ3v) is 2.66. The molecule has 0 amide bonds. The normalized spacial score (nSPS) is 11.3. The summed E-state index contributed by atoms with van der Waals surface area (Å²) in [5, 5.41) is 0. The van der Waals surface area contributed by atoms with Crippen LogP contribution in [0, 0.1) is 0 Å². The van der Waals surface area contributed by atoms with Crippen molar-refractivity contribution in [1.29, 1.82) is 0 Å². The van der Waals surface area contributed by atoms with Gasteiger partial charge in [0, 0.05) is 6.20 Å². The van der Waals surface area contributed by atoms with Crippen LogP contribution in [0.1, 0.15) is 38.4 Å². The number of hydrogen-bond acceptors (Lipinski definition) is 1. The first-order valence-corrected chi connectivity index (χ1v) is 4.69. The first kappa shape index (κ1) is 9.97. The van der Waals surface area contributed by atoms with Gasteiger partial charge in [-0.1, -0.05) is 27.4 Å². The van der Waals surface area contributed by atoms with E-state index in [0.717, 1.165) is 12.1 Å². The van der Waals surface area contributed by atoms with Gasteiger partial charge in [-0.05, 0) is 35.6 Å². The molecule has 1 aromatic rings. The smallest absolute Gasteiger partial charge is 0.0626 e. The van der Waals surface area contributed by atoms with Gasteiger partial charge in [0.25, 0.3) is 0 Å². The number of hydrogen-bond donors (Lipinski definition) is 0. The Balaban J connectivity index is 3.08. The zero-order chi connectivity index (χ0) is 9.90. The Morgan fingerprint density at radius 3 is 2.77 bits per heavy atom. The third kappa shape index (κ3) is 2.18. The van der Waals surface area contributed by atoms with Gasteiger partial charge in [0.15, 0.2) is 0 Å². The van der Waals surface area contributed by atoms with Crippen LogP contribution in [0.4, 0.5) is 0 Å². The maximum absolute atomic E-state index is 4.19. The average molecular weight is 175 g/mol. The Hall–Kier alpha value is -1.11. The van der Waals surface area contributed by atoms with Crippen molar-refractivity contribution >= 4 is 6.08 Å². The Labute approximate surface area is 80.5 Å². The zero-order valence-corrected chi connectivity index (χ0v) is 8.67. The topological polar surface area (TPSA) is 12.9 Å². The second-order valence-corrected chi connectivity index (χ2v) is 3.91. The molecule has 0 fully saturated rings. The summed E-state index contributed by atoms with van der Waals surface area (Å²) in [7, 11) is 0. The van der Waals surface area contributed by atoms with Gasteiger partial charge in [0.05, 0.1) is 5.69 Å². The summed E-state index contributed by atoms with van der Waals surface area (Å²) in [6.07, 6.45) is 4.77. The summed E-state index contributed by atoms with van der Waals surface area (Å²) in [6, 6.07) is 4.19. The fraction of sp³-hybridized carbons (Fsp3) is 0.417. The molecule has 0 aromatic carbocycles. The van der Waals surface area contributed by atoms with Gasteiger partial charge >= 0.3 is 0 Å². The molecule has 1 heteroatoms. The van der Waals surface area contributed by atoms with Crippen molar-refractivity contribution in [3.05, 3.63) is 36.2 Å². The molecule has 1 aromatic heterocycles. The van der Waals surface area contributed by atoms with Gasteiger partial charge in [-0.2, -0.15) is 0 Å². The number of nitrogens with zero attached hydrogens (tertiary/aromatic N) is 1. The zero-order valence-electron chi connectivity index (χ0n) is 8.67. The van der Waals surface area contributed by atoms with Crippen molar-refractivity contribution in [3.8, 4) is 0 Å². The lowest BCUT2D eigenvalue weighted by atomic mass is 9.82. The second-order valence-electron chi connectivity index (χ2n) is 3.91. The molecule has 0 bridgehead atoms. The molecule has 1 nitrogen and oxygen atoms in total. The maximum Gasteiger partial charge on any atom is 0.0626 e.